The summed E-state index contributed by atoms with van der Waals surface area (Å²) in [4.78, 5) is 39.5. The molecule has 3 fully saturated rings. The van der Waals surface area contributed by atoms with Crippen molar-refractivity contribution in [3.8, 4) is 0 Å². The summed E-state index contributed by atoms with van der Waals surface area (Å²) in [6, 6.07) is 6.15. The van der Waals surface area contributed by atoms with Gasteiger partial charge in [0.1, 0.15) is 6.04 Å². The minimum absolute atomic E-state index is 0.0917. The zero-order valence-electron chi connectivity index (χ0n) is 20.0. The summed E-state index contributed by atoms with van der Waals surface area (Å²) in [7, 11) is 0. The summed E-state index contributed by atoms with van der Waals surface area (Å²) in [6.07, 6.45) is 12.8. The highest BCUT2D eigenvalue weighted by atomic mass is 32.2. The number of carbonyl (C=O) groups is 3. The van der Waals surface area contributed by atoms with Crippen molar-refractivity contribution in [1.82, 2.24) is 15.5 Å². The normalized spacial score (nSPS) is 28.0. The number of rotatable bonds is 11. The largest absolute Gasteiger partial charge is 0.322 e. The molecule has 1 unspecified atom stereocenters. The lowest BCUT2D eigenvalue weighted by molar-refractivity contribution is -0.136. The topological polar surface area (TPSA) is 78.5 Å². The van der Waals surface area contributed by atoms with Crippen LogP contribution in [0, 0.1) is 11.8 Å². The zero-order chi connectivity index (χ0) is 23.5. The summed E-state index contributed by atoms with van der Waals surface area (Å²) < 4.78 is 0. The lowest BCUT2D eigenvalue weighted by Gasteiger charge is -2.29. The monoisotopic (exact) mass is 483 g/mol. The number of nitrogens with zero attached hydrogens (tertiary/aromatic N) is 1. The maximum Gasteiger partial charge on any atom is 0.255 e. The number of carbonyl (C=O) groups excluding carboxylic acids is 3. The van der Waals surface area contributed by atoms with E-state index in [1.807, 2.05) is 23.9 Å². The number of fused-ring (bicyclic) bond motifs is 3. The quantitative estimate of drug-likeness (QED) is 0.279. The molecule has 2 saturated carbocycles. The molecule has 0 radical (unpaired) electrons. The summed E-state index contributed by atoms with van der Waals surface area (Å²) in [5.74, 6) is 2.34. The van der Waals surface area contributed by atoms with Gasteiger partial charge in [0.25, 0.3) is 5.91 Å². The Bertz CT molecular complexity index is 936. The Balaban J connectivity index is 1.00. The minimum Gasteiger partial charge on any atom is -0.322 e. The Kier molecular flexibility index (Phi) is 7.59. The number of hydrogen-bond donors (Lipinski definition) is 2. The molecule has 34 heavy (non-hydrogen) atoms. The van der Waals surface area contributed by atoms with Gasteiger partial charge >= 0.3 is 0 Å². The van der Waals surface area contributed by atoms with Crippen molar-refractivity contribution in [2.45, 2.75) is 94.2 Å². The maximum absolute atomic E-state index is 12.9. The van der Waals surface area contributed by atoms with Crippen molar-refractivity contribution in [1.29, 1.82) is 0 Å². The number of unbranched alkanes of at least 4 members (excludes halogenated alkanes) is 4. The van der Waals surface area contributed by atoms with Gasteiger partial charge < -0.3 is 10.2 Å². The van der Waals surface area contributed by atoms with Crippen molar-refractivity contribution in [3.05, 3.63) is 29.3 Å². The molecule has 1 aromatic carbocycles. The van der Waals surface area contributed by atoms with Crippen molar-refractivity contribution in [3.63, 3.8) is 0 Å². The van der Waals surface area contributed by atoms with E-state index >= 15 is 0 Å². The molecule has 2 heterocycles. The molecular weight excluding hydrogens is 446 g/mol. The highest BCUT2D eigenvalue weighted by Crippen LogP contribution is 2.44. The Labute approximate surface area is 207 Å². The predicted molar refractivity (Wildman–Crippen MR) is 134 cm³/mol. The third-order valence-corrected chi connectivity index (χ3v) is 9.45. The lowest BCUT2D eigenvalue weighted by atomic mass is 9.95. The van der Waals surface area contributed by atoms with Crippen molar-refractivity contribution in [2.75, 3.05) is 12.3 Å². The summed E-state index contributed by atoms with van der Waals surface area (Å²) in [6.45, 7) is 1.63. The number of thioether (sulfide) groups is 1. The SMILES string of the molecule is O=C1CCC(N2Cc3c(SCCCCCCCN[C@H]4C[C@H]5CC[C@@H]4C5)cccc3C2=O)C(=O)N1. The van der Waals surface area contributed by atoms with Gasteiger partial charge in [0, 0.05) is 29.5 Å². The molecule has 5 rings (SSSR count). The molecule has 1 saturated heterocycles. The molecule has 4 atom stereocenters. The van der Waals surface area contributed by atoms with E-state index in [-0.39, 0.29) is 24.1 Å². The van der Waals surface area contributed by atoms with Gasteiger partial charge in [0.05, 0.1) is 0 Å². The van der Waals surface area contributed by atoms with E-state index in [2.05, 4.69) is 16.7 Å². The molecule has 7 heteroatoms. The molecule has 0 spiro atoms. The molecule has 4 aliphatic rings. The Morgan fingerprint density at radius 2 is 1.85 bits per heavy atom. The van der Waals surface area contributed by atoms with Gasteiger partial charge in [-0.05, 0) is 80.4 Å². The van der Waals surface area contributed by atoms with Crippen LogP contribution in [-0.4, -0.2) is 47.0 Å². The Morgan fingerprint density at radius 3 is 2.65 bits per heavy atom. The summed E-state index contributed by atoms with van der Waals surface area (Å²) >= 11 is 1.82. The molecule has 6 nitrogen and oxygen atoms in total. The fraction of sp³-hybridized carbons (Fsp3) is 0.667. The first kappa shape index (κ1) is 23.9. The molecule has 2 aliphatic heterocycles. The second kappa shape index (κ2) is 10.8. The zero-order valence-corrected chi connectivity index (χ0v) is 20.8. The fourth-order valence-corrected chi connectivity index (χ4v) is 7.51. The van der Waals surface area contributed by atoms with Gasteiger partial charge in [-0.15, -0.1) is 11.8 Å². The summed E-state index contributed by atoms with van der Waals surface area (Å²) in [5.41, 5.74) is 1.74. The van der Waals surface area contributed by atoms with Crippen LogP contribution >= 0.6 is 11.8 Å². The van der Waals surface area contributed by atoms with Crippen LogP contribution in [0.5, 0.6) is 0 Å². The smallest absolute Gasteiger partial charge is 0.255 e. The number of hydrogen-bond acceptors (Lipinski definition) is 5. The van der Waals surface area contributed by atoms with E-state index in [4.69, 9.17) is 0 Å². The van der Waals surface area contributed by atoms with Crippen molar-refractivity contribution in [2.24, 2.45) is 11.8 Å². The van der Waals surface area contributed by atoms with Crippen LogP contribution in [0.3, 0.4) is 0 Å². The van der Waals surface area contributed by atoms with E-state index in [9.17, 15) is 14.4 Å². The third kappa shape index (κ3) is 5.20. The fourth-order valence-electron chi connectivity index (χ4n) is 6.41. The van der Waals surface area contributed by atoms with Crippen LogP contribution in [-0.2, 0) is 16.1 Å². The minimum atomic E-state index is -0.547. The van der Waals surface area contributed by atoms with Gasteiger partial charge in [-0.2, -0.15) is 0 Å². The van der Waals surface area contributed by atoms with E-state index < -0.39 is 6.04 Å². The van der Waals surface area contributed by atoms with Crippen LogP contribution < -0.4 is 10.6 Å². The second-order valence-electron chi connectivity index (χ2n) is 10.5. The van der Waals surface area contributed by atoms with Gasteiger partial charge in [0.15, 0.2) is 0 Å². The van der Waals surface area contributed by atoms with Crippen LogP contribution in [0.1, 0.15) is 86.6 Å². The molecule has 2 N–H and O–H groups in total. The average molecular weight is 484 g/mol. The van der Waals surface area contributed by atoms with Crippen molar-refractivity contribution < 1.29 is 14.4 Å². The lowest BCUT2D eigenvalue weighted by Crippen LogP contribution is -2.52. The summed E-state index contributed by atoms with van der Waals surface area (Å²) in [5, 5.41) is 6.19. The number of benzene rings is 1. The molecule has 3 amide bonds. The first-order valence-corrected chi connectivity index (χ1v) is 14.2. The van der Waals surface area contributed by atoms with Crippen LogP contribution in [0.15, 0.2) is 23.1 Å². The van der Waals surface area contributed by atoms with Gasteiger partial charge in [-0.1, -0.05) is 31.7 Å². The van der Waals surface area contributed by atoms with E-state index in [0.717, 1.165) is 34.1 Å². The highest BCUT2D eigenvalue weighted by molar-refractivity contribution is 7.99. The Morgan fingerprint density at radius 1 is 1.00 bits per heavy atom. The molecular formula is C27H37N3O3S. The van der Waals surface area contributed by atoms with Gasteiger partial charge in [-0.3, -0.25) is 19.7 Å². The van der Waals surface area contributed by atoms with Crippen LogP contribution in [0.4, 0.5) is 0 Å². The number of imide groups is 1. The van der Waals surface area contributed by atoms with E-state index in [0.29, 0.717) is 18.5 Å². The molecule has 184 valence electrons. The first-order valence-electron chi connectivity index (χ1n) is 13.2. The van der Waals surface area contributed by atoms with E-state index in [1.165, 1.54) is 64.3 Å². The van der Waals surface area contributed by atoms with E-state index in [1.54, 1.807) is 4.90 Å². The first-order chi connectivity index (χ1) is 16.6. The Hall–Kier alpha value is -1.86. The van der Waals surface area contributed by atoms with Gasteiger partial charge in [-0.25, -0.2) is 0 Å². The predicted octanol–water partition coefficient (Wildman–Crippen LogP) is 4.27. The standard InChI is InChI=1S/C27H37N3O3S/c31-25-12-11-23(26(32)29-25)30-17-21-20(27(30)33)7-6-8-24(21)34-14-5-3-1-2-4-13-28-22-16-18-9-10-19(22)15-18/h6-8,18-19,22-23,28H,1-5,9-17H2,(H,29,31,32)/t18-,19+,22-,23?/m0/s1. The molecule has 2 aliphatic carbocycles. The number of piperidine rings is 1. The van der Waals surface area contributed by atoms with Crippen LogP contribution in [0.25, 0.3) is 0 Å². The molecule has 2 bridgehead atoms. The number of amides is 3. The van der Waals surface area contributed by atoms with Crippen LogP contribution in [0.2, 0.25) is 0 Å². The van der Waals surface area contributed by atoms with Crippen molar-refractivity contribution >= 4 is 29.5 Å². The molecule has 1 aromatic rings. The maximum atomic E-state index is 12.9. The average Bonchev–Trinajstić information content (AvgIpc) is 3.53. The third-order valence-electron chi connectivity index (χ3n) is 8.26. The second-order valence-corrected chi connectivity index (χ2v) is 11.7. The van der Waals surface area contributed by atoms with Gasteiger partial charge in [0.2, 0.25) is 11.8 Å². The number of nitrogens with one attached hydrogen (secondary N) is 2. The molecule has 0 aromatic heterocycles. The highest BCUT2D eigenvalue weighted by Gasteiger charge is 2.40.